The molecule has 4 rings (SSSR count). The number of benzene rings is 2. The lowest BCUT2D eigenvalue weighted by atomic mass is 9.88. The van der Waals surface area contributed by atoms with Crippen molar-refractivity contribution in [1.82, 2.24) is 0 Å². The van der Waals surface area contributed by atoms with E-state index in [1.807, 2.05) is 36.4 Å². The molecule has 7 nitrogen and oxygen atoms in total. The first-order chi connectivity index (χ1) is 14.5. The molecular formula is C23H28O7. The van der Waals surface area contributed by atoms with Crippen LogP contribution in [0.3, 0.4) is 0 Å². The third kappa shape index (κ3) is 4.04. The van der Waals surface area contributed by atoms with Crippen LogP contribution in [0.5, 0.6) is 11.5 Å². The lowest BCUT2D eigenvalue weighted by molar-refractivity contribution is -0.231. The summed E-state index contributed by atoms with van der Waals surface area (Å²) in [6.45, 7) is 2.71. The number of rotatable bonds is 5. The summed E-state index contributed by atoms with van der Waals surface area (Å²) in [6.07, 6.45) is -4.33. The summed E-state index contributed by atoms with van der Waals surface area (Å²) >= 11 is 0. The molecule has 0 saturated carbocycles. The Labute approximate surface area is 175 Å². The van der Waals surface area contributed by atoms with E-state index in [1.165, 1.54) is 5.56 Å². The molecule has 0 aliphatic carbocycles. The maximum absolute atomic E-state index is 10.5. The predicted molar refractivity (Wildman–Crippen MR) is 109 cm³/mol. The van der Waals surface area contributed by atoms with Gasteiger partial charge in [0.1, 0.15) is 43.7 Å². The summed E-state index contributed by atoms with van der Waals surface area (Å²) in [6, 6.07) is 11.7. The highest BCUT2D eigenvalue weighted by Crippen LogP contribution is 2.35. The first-order valence-corrected chi connectivity index (χ1v) is 10.3. The molecule has 2 unspecified atom stereocenters. The molecule has 162 valence electrons. The van der Waals surface area contributed by atoms with E-state index in [1.54, 1.807) is 0 Å². The zero-order valence-corrected chi connectivity index (χ0v) is 16.9. The van der Waals surface area contributed by atoms with E-state index in [2.05, 4.69) is 6.92 Å². The quantitative estimate of drug-likeness (QED) is 0.579. The minimum absolute atomic E-state index is 0.446. The molecule has 0 bridgehead atoms. The van der Waals surface area contributed by atoms with E-state index in [9.17, 15) is 20.4 Å². The molecule has 1 fully saturated rings. The summed E-state index contributed by atoms with van der Waals surface area (Å²) in [4.78, 5) is 0. The van der Waals surface area contributed by atoms with Crippen molar-refractivity contribution in [3.05, 3.63) is 58.7 Å². The van der Waals surface area contributed by atoms with Gasteiger partial charge in [0.15, 0.2) is 11.5 Å². The molecule has 2 aromatic rings. The highest BCUT2D eigenvalue weighted by atomic mass is 16.6. The van der Waals surface area contributed by atoms with Crippen molar-refractivity contribution < 1.29 is 34.6 Å². The van der Waals surface area contributed by atoms with Gasteiger partial charge in [-0.15, -0.1) is 0 Å². The maximum Gasteiger partial charge on any atom is 0.161 e. The lowest BCUT2D eigenvalue weighted by Crippen LogP contribution is -2.55. The Kier molecular flexibility index (Phi) is 6.26. The average molecular weight is 416 g/mol. The molecule has 7 heteroatoms. The fourth-order valence-corrected chi connectivity index (χ4v) is 4.13. The van der Waals surface area contributed by atoms with E-state index < -0.39 is 37.1 Å². The molecule has 1 saturated heterocycles. The molecule has 30 heavy (non-hydrogen) atoms. The third-order valence-corrected chi connectivity index (χ3v) is 5.83. The molecule has 2 aliphatic rings. The second-order valence-corrected chi connectivity index (χ2v) is 7.79. The van der Waals surface area contributed by atoms with Crippen molar-refractivity contribution in [2.24, 2.45) is 0 Å². The fourth-order valence-electron chi connectivity index (χ4n) is 4.13. The van der Waals surface area contributed by atoms with Gasteiger partial charge in [-0.1, -0.05) is 31.2 Å². The molecule has 5 atom stereocenters. The smallest absolute Gasteiger partial charge is 0.161 e. The van der Waals surface area contributed by atoms with Crippen LogP contribution in [0.4, 0.5) is 0 Å². The Morgan fingerprint density at radius 2 is 1.63 bits per heavy atom. The molecule has 0 amide bonds. The van der Waals surface area contributed by atoms with Gasteiger partial charge in [-0.25, -0.2) is 0 Å². The van der Waals surface area contributed by atoms with Gasteiger partial charge >= 0.3 is 0 Å². The number of hydrogen-bond acceptors (Lipinski definition) is 7. The summed E-state index contributed by atoms with van der Waals surface area (Å²) < 4.78 is 17.0. The molecule has 4 N–H and O–H groups in total. The number of aliphatic hydroxyl groups excluding tert-OH is 4. The average Bonchev–Trinajstić information content (AvgIpc) is 2.77. The van der Waals surface area contributed by atoms with Gasteiger partial charge in [-0.3, -0.25) is 0 Å². The zero-order valence-electron chi connectivity index (χ0n) is 16.9. The first kappa shape index (κ1) is 21.1. The normalized spacial score (nSPS) is 28.4. The largest absolute Gasteiger partial charge is 0.486 e. The fraction of sp³-hybridized carbons (Fsp3) is 0.478. The number of aliphatic hydroxyl groups is 4. The SMILES string of the molecule is CCc1ccc(C2OC(CO)[C@@H](O)[C@H](O)[C@H]2O)cc1Cc1ccc2c(c1)OCCO2. The maximum atomic E-state index is 10.5. The monoisotopic (exact) mass is 416 g/mol. The molecule has 2 heterocycles. The summed E-state index contributed by atoms with van der Waals surface area (Å²) in [5, 5.41) is 40.1. The van der Waals surface area contributed by atoms with Gasteiger partial charge in [-0.05, 0) is 47.2 Å². The van der Waals surface area contributed by atoms with Crippen LogP contribution in [0, 0.1) is 0 Å². The summed E-state index contributed by atoms with van der Waals surface area (Å²) in [5.74, 6) is 1.48. The Hall–Kier alpha value is -2.16. The van der Waals surface area contributed by atoms with Crippen LogP contribution in [0.15, 0.2) is 36.4 Å². The minimum atomic E-state index is -1.40. The number of hydrogen-bond donors (Lipinski definition) is 4. The van der Waals surface area contributed by atoms with Gasteiger partial charge in [0, 0.05) is 0 Å². The summed E-state index contributed by atoms with van der Waals surface area (Å²) in [5.41, 5.74) is 4.00. The Morgan fingerprint density at radius 1 is 0.867 bits per heavy atom. The summed E-state index contributed by atoms with van der Waals surface area (Å²) in [7, 11) is 0. The van der Waals surface area contributed by atoms with E-state index in [4.69, 9.17) is 14.2 Å². The van der Waals surface area contributed by atoms with Crippen LogP contribution in [-0.4, -0.2) is 64.7 Å². The Bertz CT molecular complexity index is 882. The molecule has 2 aliphatic heterocycles. The van der Waals surface area contributed by atoms with E-state index in [-0.39, 0.29) is 0 Å². The highest BCUT2D eigenvalue weighted by Gasteiger charge is 2.44. The second kappa shape index (κ2) is 8.91. The number of aryl methyl sites for hydroxylation is 1. The van der Waals surface area contributed by atoms with Crippen LogP contribution in [0.1, 0.15) is 35.3 Å². The van der Waals surface area contributed by atoms with Crippen molar-refractivity contribution >= 4 is 0 Å². The van der Waals surface area contributed by atoms with Crippen LogP contribution in [-0.2, 0) is 17.6 Å². The van der Waals surface area contributed by atoms with Crippen molar-refractivity contribution in [3.63, 3.8) is 0 Å². The topological polar surface area (TPSA) is 109 Å². The molecule has 2 aromatic carbocycles. The second-order valence-electron chi connectivity index (χ2n) is 7.79. The van der Waals surface area contributed by atoms with Gasteiger partial charge < -0.3 is 34.6 Å². The van der Waals surface area contributed by atoms with E-state index in [0.717, 1.165) is 29.0 Å². The van der Waals surface area contributed by atoms with Crippen molar-refractivity contribution in [3.8, 4) is 11.5 Å². The van der Waals surface area contributed by atoms with Gasteiger partial charge in [0.05, 0.1) is 6.61 Å². The molecular weight excluding hydrogens is 388 g/mol. The molecule has 0 radical (unpaired) electrons. The van der Waals surface area contributed by atoms with Crippen LogP contribution in [0.2, 0.25) is 0 Å². The van der Waals surface area contributed by atoms with Gasteiger partial charge in [0.25, 0.3) is 0 Å². The standard InChI is InChI=1S/C23H28O7/c1-2-14-4-5-15(23-22(27)21(26)20(25)19(12-24)30-23)11-16(14)9-13-3-6-17-18(10-13)29-8-7-28-17/h3-6,10-11,19-27H,2,7-9,12H2,1H3/t19?,20-,21+,22-,23?/m1/s1. The van der Waals surface area contributed by atoms with Gasteiger partial charge in [-0.2, -0.15) is 0 Å². The highest BCUT2D eigenvalue weighted by molar-refractivity contribution is 5.46. The lowest BCUT2D eigenvalue weighted by Gasteiger charge is -2.40. The number of fused-ring (bicyclic) bond motifs is 1. The van der Waals surface area contributed by atoms with Crippen molar-refractivity contribution in [2.75, 3.05) is 19.8 Å². The van der Waals surface area contributed by atoms with Crippen LogP contribution in [0.25, 0.3) is 0 Å². The Balaban J connectivity index is 1.62. The zero-order chi connectivity index (χ0) is 21.3. The van der Waals surface area contributed by atoms with Crippen molar-refractivity contribution in [2.45, 2.75) is 50.3 Å². The predicted octanol–water partition coefficient (Wildman–Crippen LogP) is 1.13. The van der Waals surface area contributed by atoms with Crippen molar-refractivity contribution in [1.29, 1.82) is 0 Å². The van der Waals surface area contributed by atoms with E-state index in [0.29, 0.717) is 25.2 Å². The Morgan fingerprint density at radius 3 is 2.37 bits per heavy atom. The number of ether oxygens (including phenoxy) is 3. The first-order valence-electron chi connectivity index (χ1n) is 10.3. The van der Waals surface area contributed by atoms with Crippen LogP contribution >= 0.6 is 0 Å². The van der Waals surface area contributed by atoms with Gasteiger partial charge in [0.2, 0.25) is 0 Å². The molecule has 0 aromatic heterocycles. The van der Waals surface area contributed by atoms with E-state index >= 15 is 0 Å². The minimum Gasteiger partial charge on any atom is -0.486 e. The van der Waals surface area contributed by atoms with Crippen LogP contribution < -0.4 is 9.47 Å². The third-order valence-electron chi connectivity index (χ3n) is 5.83. The molecule has 0 spiro atoms.